The number of rotatable bonds is 3. The van der Waals surface area contributed by atoms with Crippen molar-refractivity contribution >= 4 is 48.6 Å². The first kappa shape index (κ1) is 32.6. The number of allylic oxidation sites excluding steroid dienone is 1. The van der Waals surface area contributed by atoms with Crippen LogP contribution in [0.5, 0.6) is 0 Å². The Morgan fingerprint density at radius 1 is 0.919 bits per heavy atom. The summed E-state index contributed by atoms with van der Waals surface area (Å²) in [7, 11) is -2.19. The van der Waals surface area contributed by atoms with Gasteiger partial charge in [0.25, 0.3) is 0 Å². The van der Waals surface area contributed by atoms with Crippen molar-refractivity contribution in [1.29, 1.82) is 0 Å². The zero-order valence-electron chi connectivity index (χ0n) is 23.2. The van der Waals surface area contributed by atoms with Crippen LogP contribution in [0.3, 0.4) is 0 Å². The maximum atomic E-state index is 2.51. The normalized spacial score (nSPS) is 16.6. The number of halogens is 2. The molecule has 0 amide bonds. The molecule has 1 aromatic heterocycles. The summed E-state index contributed by atoms with van der Waals surface area (Å²) in [5, 5.41) is 8.27. The zero-order valence-corrected chi connectivity index (χ0v) is 30.0. The van der Waals surface area contributed by atoms with E-state index in [0.29, 0.717) is 5.92 Å². The van der Waals surface area contributed by atoms with Gasteiger partial charge < -0.3 is 24.8 Å². The average Bonchev–Trinajstić information content (AvgIpc) is 3.50. The molecular weight excluding hydrogens is 623 g/mol. The Morgan fingerprint density at radius 2 is 1.57 bits per heavy atom. The first-order chi connectivity index (χ1) is 16.0. The molecule has 3 aromatic carbocycles. The van der Waals surface area contributed by atoms with Crippen LogP contribution in [0.4, 0.5) is 0 Å². The van der Waals surface area contributed by atoms with Gasteiger partial charge in [0.1, 0.15) is 0 Å². The number of fused-ring (bicyclic) bond motifs is 1. The molecule has 1 radical (unpaired) electrons. The first-order valence-electron chi connectivity index (χ1n) is 12.6. The van der Waals surface area contributed by atoms with Crippen LogP contribution in [0.1, 0.15) is 48.2 Å². The van der Waals surface area contributed by atoms with Crippen molar-refractivity contribution in [3.8, 4) is 11.1 Å². The minimum Gasteiger partial charge on any atom is -1.00 e. The molecule has 0 spiro atoms. The number of hydrogen-bond acceptors (Lipinski definition) is 1. The van der Waals surface area contributed by atoms with E-state index in [9.17, 15) is 0 Å². The molecule has 7 rings (SSSR count). The van der Waals surface area contributed by atoms with Crippen molar-refractivity contribution in [2.75, 3.05) is 0 Å². The van der Waals surface area contributed by atoms with Crippen molar-refractivity contribution in [2.45, 2.75) is 65.0 Å². The van der Waals surface area contributed by atoms with Crippen molar-refractivity contribution in [3.05, 3.63) is 87.6 Å². The van der Waals surface area contributed by atoms with Crippen LogP contribution in [-0.2, 0) is 26.2 Å². The van der Waals surface area contributed by atoms with E-state index in [0.717, 1.165) is 5.54 Å². The summed E-state index contributed by atoms with van der Waals surface area (Å²) in [6.07, 6.45) is 0. The number of hydrogen-bond donors (Lipinski definition) is 0. The molecule has 4 aromatic rings. The van der Waals surface area contributed by atoms with E-state index in [-0.39, 0.29) is 51.0 Å². The van der Waals surface area contributed by atoms with Gasteiger partial charge in [-0.1, -0.05) is 98.4 Å². The van der Waals surface area contributed by atoms with Gasteiger partial charge in [0, 0.05) is 10.4 Å². The van der Waals surface area contributed by atoms with Gasteiger partial charge in [-0.15, -0.1) is 45.9 Å². The fraction of sp³-hybridized carbons (Fsp3) is 0.323. The van der Waals surface area contributed by atoms with Crippen molar-refractivity contribution in [3.63, 3.8) is 0 Å². The molecule has 2 aliphatic heterocycles. The SMILES string of the molecule is CC(C)c1cc2c(-c3ccc([Si](C)(C)C)cc3)cccc2[cH-]1.CC1=C2c3ccsc3C1[Si]2(C)C.[Cl-].[Cl-].[Zr+3]. The minimum absolute atomic E-state index is 0. The summed E-state index contributed by atoms with van der Waals surface area (Å²) in [6, 6.07) is 22.9. The second-order valence-electron chi connectivity index (χ2n) is 12.0. The summed E-state index contributed by atoms with van der Waals surface area (Å²) in [4.78, 5) is 1.68. The fourth-order valence-electron chi connectivity index (χ4n) is 6.09. The monoisotopic (exact) mass is 657 g/mol. The molecule has 37 heavy (non-hydrogen) atoms. The second kappa shape index (κ2) is 11.9. The van der Waals surface area contributed by atoms with Gasteiger partial charge in [0.15, 0.2) is 0 Å². The third-order valence-electron chi connectivity index (χ3n) is 7.92. The molecule has 0 nitrogen and oxygen atoms in total. The van der Waals surface area contributed by atoms with Crippen LogP contribution in [0.15, 0.2) is 71.6 Å². The Morgan fingerprint density at radius 3 is 2.11 bits per heavy atom. The van der Waals surface area contributed by atoms with Crippen LogP contribution >= 0.6 is 11.3 Å². The van der Waals surface area contributed by atoms with E-state index in [1.807, 2.05) is 11.3 Å². The summed E-state index contributed by atoms with van der Waals surface area (Å²) >= 11 is 1.96. The Kier molecular flexibility index (Phi) is 10.5. The number of benzene rings is 2. The van der Waals surface area contributed by atoms with Gasteiger partial charge in [-0.3, -0.25) is 0 Å². The molecule has 0 saturated carbocycles. The predicted octanol–water partition coefficient (Wildman–Crippen LogP) is 3.32. The standard InChI is InChI=1S/C21H25Si.C10H12SSi.2ClH.Zr/c1-15(2)18-13-17-7-6-8-20(21(17)14-18)16-9-11-19(12-10-16)22(3,4)5;1-6-9-7-4-5-11-8(7)10(6)12(9,2)3;;;/h6-15H,1-5H3;4-5,10H,1-3H3;2*1H;/q-1;;;;+3/p-2. The third-order valence-corrected chi connectivity index (χ3v) is 15.3. The Labute approximate surface area is 261 Å². The van der Waals surface area contributed by atoms with Gasteiger partial charge in [-0.2, -0.15) is 6.07 Å². The third kappa shape index (κ3) is 5.67. The van der Waals surface area contributed by atoms with Crippen LogP contribution in [0, 0.1) is 0 Å². The summed E-state index contributed by atoms with van der Waals surface area (Å²) < 4.78 is 0. The van der Waals surface area contributed by atoms with Crippen LogP contribution in [-0.4, -0.2) is 16.1 Å². The van der Waals surface area contributed by atoms with Gasteiger partial charge in [0.05, 0.1) is 16.1 Å². The quantitative estimate of drug-likeness (QED) is 0.234. The van der Waals surface area contributed by atoms with E-state index >= 15 is 0 Å². The van der Waals surface area contributed by atoms with Crippen molar-refractivity contribution < 1.29 is 51.0 Å². The van der Waals surface area contributed by atoms with E-state index in [2.05, 4.69) is 120 Å². The molecule has 0 fully saturated rings. The van der Waals surface area contributed by atoms with Gasteiger partial charge in [-0.25, -0.2) is 0 Å². The second-order valence-corrected chi connectivity index (χ2v) is 22.5. The maximum Gasteiger partial charge on any atom is 3.00 e. The summed E-state index contributed by atoms with van der Waals surface area (Å²) in [6.45, 7) is 19.1. The Balaban J connectivity index is 0.000000274. The van der Waals surface area contributed by atoms with E-state index < -0.39 is 16.1 Å². The molecule has 3 aliphatic rings. The van der Waals surface area contributed by atoms with E-state index in [1.165, 1.54) is 32.6 Å². The first-order valence-corrected chi connectivity index (χ1v) is 20.0. The van der Waals surface area contributed by atoms with Gasteiger partial charge in [-0.05, 0) is 35.4 Å². The van der Waals surface area contributed by atoms with Gasteiger partial charge in [0.2, 0.25) is 0 Å². The maximum absolute atomic E-state index is 2.51. The molecule has 1 atom stereocenters. The molecule has 0 saturated heterocycles. The Bertz CT molecular complexity index is 1410. The number of thiophene rings is 1. The summed E-state index contributed by atoms with van der Waals surface area (Å²) in [5.41, 5.74) is 8.30. The Hall–Kier alpha value is -0.613. The molecule has 0 N–H and O–H groups in total. The molecule has 1 unspecified atom stereocenters. The van der Waals surface area contributed by atoms with Crippen LogP contribution < -0.4 is 30.0 Å². The molecular formula is C31H37Cl2SSi2Zr. The average molecular weight is 660 g/mol. The van der Waals surface area contributed by atoms with E-state index in [4.69, 9.17) is 0 Å². The van der Waals surface area contributed by atoms with Crippen molar-refractivity contribution in [2.24, 2.45) is 0 Å². The molecule has 6 heteroatoms. The topological polar surface area (TPSA) is 0 Å². The molecule has 193 valence electrons. The zero-order chi connectivity index (χ0) is 24.4. The molecule has 3 heterocycles. The smallest absolute Gasteiger partial charge is 1.00 e. The van der Waals surface area contributed by atoms with Crippen LogP contribution in [0.2, 0.25) is 32.7 Å². The van der Waals surface area contributed by atoms with E-state index in [1.54, 1.807) is 21.2 Å². The fourth-order valence-corrected chi connectivity index (χ4v) is 13.6. The summed E-state index contributed by atoms with van der Waals surface area (Å²) in [5.74, 6) is 0.578. The minimum atomic E-state index is -1.22. The molecule has 2 bridgehead atoms. The van der Waals surface area contributed by atoms with Gasteiger partial charge >= 0.3 is 26.2 Å². The van der Waals surface area contributed by atoms with Crippen molar-refractivity contribution in [1.82, 2.24) is 0 Å². The largest absolute Gasteiger partial charge is 3.00 e. The molecule has 1 aliphatic carbocycles. The van der Waals surface area contributed by atoms with Crippen LogP contribution in [0.25, 0.3) is 27.1 Å². The predicted molar refractivity (Wildman–Crippen MR) is 159 cm³/mol.